The molecule has 1 heterocycles. The molecule has 0 saturated heterocycles. The molecule has 1 aliphatic heterocycles. The third-order valence-electron chi connectivity index (χ3n) is 3.15. The second kappa shape index (κ2) is 6.03. The first-order chi connectivity index (χ1) is 10.6. The zero-order valence-corrected chi connectivity index (χ0v) is 14.3. The predicted octanol–water partition coefficient (Wildman–Crippen LogP) is 4.71. The van der Waals surface area contributed by atoms with Crippen molar-refractivity contribution in [3.8, 4) is 23.3 Å². The molecule has 0 aliphatic carbocycles. The normalized spacial score (nSPS) is 13.0. The Bertz CT molecular complexity index is 802. The van der Waals surface area contributed by atoms with E-state index in [2.05, 4.69) is 37.9 Å². The number of nitrogens with zero attached hydrogens (tertiary/aromatic N) is 1. The quantitative estimate of drug-likeness (QED) is 0.562. The van der Waals surface area contributed by atoms with E-state index in [-0.39, 0.29) is 12.5 Å². The molecule has 0 amide bonds. The Morgan fingerprint density at radius 3 is 2.50 bits per heavy atom. The van der Waals surface area contributed by atoms with Crippen LogP contribution in [0.15, 0.2) is 39.3 Å². The Morgan fingerprint density at radius 1 is 1.14 bits per heavy atom. The molecule has 22 heavy (non-hydrogen) atoms. The summed E-state index contributed by atoms with van der Waals surface area (Å²) in [5.74, 6) is 1.43. The second-order valence-electron chi connectivity index (χ2n) is 4.57. The van der Waals surface area contributed by atoms with Crippen LogP contribution in [0.2, 0.25) is 0 Å². The van der Waals surface area contributed by atoms with Crippen molar-refractivity contribution >= 4 is 43.5 Å². The highest BCUT2D eigenvalue weighted by Crippen LogP contribution is 2.36. The molecule has 0 aromatic heterocycles. The van der Waals surface area contributed by atoms with E-state index in [1.165, 1.54) is 0 Å². The zero-order valence-electron chi connectivity index (χ0n) is 11.1. The summed E-state index contributed by atoms with van der Waals surface area (Å²) in [6, 6.07) is 11.0. The number of aromatic hydroxyl groups is 1. The summed E-state index contributed by atoms with van der Waals surface area (Å²) in [5.41, 5.74) is 2.01. The summed E-state index contributed by atoms with van der Waals surface area (Å²) in [6.45, 7) is 0.197. The first kappa shape index (κ1) is 14.9. The van der Waals surface area contributed by atoms with Crippen molar-refractivity contribution in [3.05, 3.63) is 50.4 Å². The Hall–Kier alpha value is -1.97. The van der Waals surface area contributed by atoms with Gasteiger partial charge in [-0.1, -0.05) is 0 Å². The van der Waals surface area contributed by atoms with E-state index in [9.17, 15) is 10.4 Å². The van der Waals surface area contributed by atoms with Crippen molar-refractivity contribution in [1.82, 2.24) is 0 Å². The van der Waals surface area contributed by atoms with Crippen LogP contribution in [0.3, 0.4) is 0 Å². The largest absolute Gasteiger partial charge is 0.506 e. The van der Waals surface area contributed by atoms with Gasteiger partial charge in [0.15, 0.2) is 11.5 Å². The lowest BCUT2D eigenvalue weighted by Crippen LogP contribution is -1.92. The minimum absolute atomic E-state index is 0.124. The third kappa shape index (κ3) is 2.82. The maximum Gasteiger partial charge on any atom is 0.231 e. The van der Waals surface area contributed by atoms with Crippen LogP contribution in [0.1, 0.15) is 11.1 Å². The fourth-order valence-corrected chi connectivity index (χ4v) is 3.30. The van der Waals surface area contributed by atoms with Crippen molar-refractivity contribution < 1.29 is 14.6 Å². The average molecular weight is 423 g/mol. The number of hydrogen-bond acceptors (Lipinski definition) is 4. The van der Waals surface area contributed by atoms with Gasteiger partial charge >= 0.3 is 0 Å². The van der Waals surface area contributed by atoms with Gasteiger partial charge in [-0.2, -0.15) is 5.26 Å². The minimum Gasteiger partial charge on any atom is -0.506 e. The van der Waals surface area contributed by atoms with Crippen LogP contribution in [0, 0.1) is 11.3 Å². The summed E-state index contributed by atoms with van der Waals surface area (Å²) in [4.78, 5) is 0. The number of halogens is 2. The SMILES string of the molecule is N#C/C(=C/c1cc(Br)c(O)c(Br)c1)c1ccc2c(c1)OCO2. The number of phenolic OH excluding ortho intramolecular Hbond substituents is 1. The van der Waals surface area contributed by atoms with Crippen LogP contribution < -0.4 is 9.47 Å². The summed E-state index contributed by atoms with van der Waals surface area (Å²) in [6.07, 6.45) is 1.74. The van der Waals surface area contributed by atoms with E-state index in [0.717, 1.165) is 11.1 Å². The van der Waals surface area contributed by atoms with Crippen LogP contribution >= 0.6 is 31.9 Å². The summed E-state index contributed by atoms with van der Waals surface area (Å²) >= 11 is 6.55. The average Bonchev–Trinajstić information content (AvgIpc) is 2.97. The molecule has 0 atom stereocenters. The van der Waals surface area contributed by atoms with Crippen LogP contribution in [-0.2, 0) is 0 Å². The fraction of sp³-hybridized carbons (Fsp3) is 0.0625. The summed E-state index contributed by atoms with van der Waals surface area (Å²) in [7, 11) is 0. The molecule has 6 heteroatoms. The Morgan fingerprint density at radius 2 is 1.82 bits per heavy atom. The van der Waals surface area contributed by atoms with Crippen LogP contribution in [-0.4, -0.2) is 11.9 Å². The maximum atomic E-state index is 9.74. The van der Waals surface area contributed by atoms with Gasteiger partial charge in [-0.3, -0.25) is 0 Å². The van der Waals surface area contributed by atoms with Gasteiger partial charge in [0.1, 0.15) is 5.75 Å². The first-order valence-corrected chi connectivity index (χ1v) is 7.87. The molecule has 1 N–H and O–H groups in total. The van der Waals surface area contributed by atoms with E-state index in [4.69, 9.17) is 9.47 Å². The number of hydrogen-bond donors (Lipinski definition) is 1. The predicted molar refractivity (Wildman–Crippen MR) is 89.6 cm³/mol. The molecule has 0 spiro atoms. The number of phenols is 1. The molecule has 1 aliphatic rings. The highest BCUT2D eigenvalue weighted by atomic mass is 79.9. The standard InChI is InChI=1S/C16H9Br2NO3/c17-12-4-9(5-13(18)16(12)20)3-11(7-19)10-1-2-14-15(6-10)22-8-21-14/h1-6,20H,8H2/b11-3-. The lowest BCUT2D eigenvalue weighted by Gasteiger charge is -2.05. The van der Waals surface area contributed by atoms with E-state index >= 15 is 0 Å². The molecule has 3 rings (SSSR count). The number of ether oxygens (including phenoxy) is 2. The van der Waals surface area contributed by atoms with Crippen LogP contribution in [0.25, 0.3) is 11.6 Å². The van der Waals surface area contributed by atoms with E-state index in [0.29, 0.717) is 26.0 Å². The molecule has 0 radical (unpaired) electrons. The van der Waals surface area contributed by atoms with Crippen LogP contribution in [0.4, 0.5) is 0 Å². The lowest BCUT2D eigenvalue weighted by atomic mass is 10.0. The molecule has 0 fully saturated rings. The first-order valence-electron chi connectivity index (χ1n) is 6.28. The van der Waals surface area contributed by atoms with Crippen LogP contribution in [0.5, 0.6) is 17.2 Å². The van der Waals surface area contributed by atoms with E-state index in [1.807, 2.05) is 6.07 Å². The van der Waals surface area contributed by atoms with Gasteiger partial charge in [-0.05, 0) is 79.4 Å². The molecule has 110 valence electrons. The topological polar surface area (TPSA) is 62.5 Å². The third-order valence-corrected chi connectivity index (χ3v) is 4.36. The van der Waals surface area contributed by atoms with E-state index < -0.39 is 0 Å². The van der Waals surface area contributed by atoms with Crippen molar-refractivity contribution in [3.63, 3.8) is 0 Å². The fourth-order valence-electron chi connectivity index (χ4n) is 2.08. The molecule has 2 aromatic carbocycles. The molecule has 0 saturated carbocycles. The Balaban J connectivity index is 2.03. The Kier molecular flexibility index (Phi) is 4.10. The summed E-state index contributed by atoms with van der Waals surface area (Å²) in [5, 5.41) is 19.2. The highest BCUT2D eigenvalue weighted by molar-refractivity contribution is 9.11. The van der Waals surface area contributed by atoms with Gasteiger partial charge in [0.2, 0.25) is 6.79 Å². The number of rotatable bonds is 2. The lowest BCUT2D eigenvalue weighted by molar-refractivity contribution is 0.174. The van der Waals surface area contributed by atoms with Crippen molar-refractivity contribution in [2.24, 2.45) is 0 Å². The van der Waals surface area contributed by atoms with Gasteiger partial charge in [0.05, 0.1) is 20.6 Å². The highest BCUT2D eigenvalue weighted by Gasteiger charge is 2.15. The van der Waals surface area contributed by atoms with Gasteiger partial charge in [-0.15, -0.1) is 0 Å². The molecule has 0 unspecified atom stereocenters. The second-order valence-corrected chi connectivity index (χ2v) is 6.28. The van der Waals surface area contributed by atoms with Crippen molar-refractivity contribution in [2.75, 3.05) is 6.79 Å². The number of benzene rings is 2. The maximum absolute atomic E-state index is 9.74. The molecule has 2 aromatic rings. The molecular formula is C16H9Br2NO3. The zero-order chi connectivity index (χ0) is 15.7. The van der Waals surface area contributed by atoms with Gasteiger partial charge in [0, 0.05) is 0 Å². The minimum atomic E-state index is 0.124. The van der Waals surface area contributed by atoms with Gasteiger partial charge in [-0.25, -0.2) is 0 Å². The molecule has 4 nitrogen and oxygen atoms in total. The van der Waals surface area contributed by atoms with E-state index in [1.54, 1.807) is 30.3 Å². The van der Waals surface area contributed by atoms with Gasteiger partial charge < -0.3 is 14.6 Å². The smallest absolute Gasteiger partial charge is 0.231 e. The molecule has 0 bridgehead atoms. The van der Waals surface area contributed by atoms with Crippen molar-refractivity contribution in [2.45, 2.75) is 0 Å². The number of allylic oxidation sites excluding steroid dienone is 1. The number of nitriles is 1. The summed E-state index contributed by atoms with van der Waals surface area (Å²) < 4.78 is 11.7. The molecular weight excluding hydrogens is 414 g/mol. The Labute approximate surface area is 143 Å². The van der Waals surface area contributed by atoms with Crippen molar-refractivity contribution in [1.29, 1.82) is 5.26 Å². The number of fused-ring (bicyclic) bond motifs is 1. The van der Waals surface area contributed by atoms with Gasteiger partial charge in [0.25, 0.3) is 0 Å². The monoisotopic (exact) mass is 421 g/mol.